The lowest BCUT2D eigenvalue weighted by atomic mass is 10.1. The number of nitrogens with zero attached hydrogens (tertiary/aromatic N) is 1. The van der Waals surface area contributed by atoms with E-state index >= 15 is 0 Å². The molecule has 1 aromatic heterocycles. The Morgan fingerprint density at radius 2 is 1.95 bits per heavy atom. The number of hydrogen-bond donors (Lipinski definition) is 1. The van der Waals surface area contributed by atoms with Gasteiger partial charge in [-0.15, -0.1) is 0 Å². The van der Waals surface area contributed by atoms with E-state index in [0.29, 0.717) is 0 Å². The molecular weight excluding hydrogens is 332 g/mol. The molecule has 0 aliphatic carbocycles. The number of rotatable bonds is 5. The number of benzene rings is 1. The number of aromatic nitrogens is 1. The van der Waals surface area contributed by atoms with Crippen molar-refractivity contribution in [2.75, 3.05) is 0 Å². The number of amides is 1. The van der Waals surface area contributed by atoms with Gasteiger partial charge in [-0.05, 0) is 37.1 Å². The fourth-order valence-corrected chi connectivity index (χ4v) is 2.36. The van der Waals surface area contributed by atoms with Crippen molar-refractivity contribution >= 4 is 21.8 Å². The van der Waals surface area contributed by atoms with E-state index in [1.54, 1.807) is 18.3 Å². The second-order valence-corrected chi connectivity index (χ2v) is 5.88. The van der Waals surface area contributed by atoms with Gasteiger partial charge in [-0.1, -0.05) is 34.1 Å². The van der Waals surface area contributed by atoms with Crippen LogP contribution in [0.3, 0.4) is 0 Å². The zero-order valence-corrected chi connectivity index (χ0v) is 13.3. The van der Waals surface area contributed by atoms with E-state index in [1.165, 1.54) is 10.6 Å². The van der Waals surface area contributed by atoms with Crippen LogP contribution in [-0.4, -0.2) is 16.5 Å². The summed E-state index contributed by atoms with van der Waals surface area (Å²) in [5.41, 5.74) is 0.982. The number of nitrogens with one attached hydrogen (secondary N) is 1. The van der Waals surface area contributed by atoms with Crippen molar-refractivity contribution in [3.05, 3.63) is 69.1 Å². The van der Waals surface area contributed by atoms with Crippen LogP contribution in [0.5, 0.6) is 0 Å². The predicted molar refractivity (Wildman–Crippen MR) is 86.2 cm³/mol. The van der Waals surface area contributed by atoms with Gasteiger partial charge < -0.3 is 9.88 Å². The Labute approximate surface area is 131 Å². The van der Waals surface area contributed by atoms with Gasteiger partial charge in [-0.2, -0.15) is 0 Å². The van der Waals surface area contributed by atoms with Gasteiger partial charge in [-0.25, -0.2) is 0 Å². The number of carbonyl (C=O) groups is 1. The molecule has 1 amide bonds. The van der Waals surface area contributed by atoms with E-state index in [1.807, 2.05) is 31.2 Å². The van der Waals surface area contributed by atoms with Crippen LogP contribution >= 0.6 is 15.9 Å². The molecule has 2 aromatic rings. The molecule has 0 spiro atoms. The maximum Gasteiger partial charge on any atom is 0.250 e. The lowest BCUT2D eigenvalue weighted by Crippen LogP contribution is -2.38. The Morgan fingerprint density at radius 3 is 2.62 bits per heavy atom. The molecule has 110 valence electrons. The molecule has 0 bridgehead atoms. The average Bonchev–Trinajstić information content (AvgIpc) is 2.44. The second kappa shape index (κ2) is 7.22. The summed E-state index contributed by atoms with van der Waals surface area (Å²) in [5.74, 6) is -0.159. The molecule has 5 heteroatoms. The van der Waals surface area contributed by atoms with Crippen molar-refractivity contribution in [1.82, 2.24) is 9.88 Å². The number of hydrogen-bond acceptors (Lipinski definition) is 2. The van der Waals surface area contributed by atoms with Crippen LogP contribution in [0.4, 0.5) is 0 Å². The van der Waals surface area contributed by atoms with Crippen molar-refractivity contribution in [2.24, 2.45) is 0 Å². The fourth-order valence-electron chi connectivity index (χ4n) is 2.09. The third-order valence-electron chi connectivity index (χ3n) is 3.08. The minimum atomic E-state index is -0.173. The van der Waals surface area contributed by atoms with E-state index in [9.17, 15) is 9.59 Å². The van der Waals surface area contributed by atoms with Crippen molar-refractivity contribution in [1.29, 1.82) is 0 Å². The third-order valence-corrected chi connectivity index (χ3v) is 3.60. The van der Waals surface area contributed by atoms with Crippen LogP contribution < -0.4 is 10.9 Å². The molecule has 0 aliphatic heterocycles. The molecule has 0 radical (unpaired) electrons. The normalized spacial score (nSPS) is 11.9. The minimum absolute atomic E-state index is 0.0121. The van der Waals surface area contributed by atoms with Gasteiger partial charge in [0.05, 0.1) is 0 Å². The van der Waals surface area contributed by atoms with Gasteiger partial charge in [0.1, 0.15) is 6.54 Å². The fraction of sp³-hybridized carbons (Fsp3) is 0.250. The van der Waals surface area contributed by atoms with Crippen LogP contribution in [-0.2, 0) is 17.8 Å². The van der Waals surface area contributed by atoms with Gasteiger partial charge in [0.25, 0.3) is 5.56 Å². The molecule has 1 atom stereocenters. The molecule has 21 heavy (non-hydrogen) atoms. The molecule has 1 N–H and O–H groups in total. The maximum atomic E-state index is 11.9. The Bertz CT molecular complexity index is 664. The van der Waals surface area contributed by atoms with Crippen LogP contribution in [0.15, 0.2) is 57.9 Å². The van der Waals surface area contributed by atoms with Gasteiger partial charge in [-0.3, -0.25) is 9.59 Å². The summed E-state index contributed by atoms with van der Waals surface area (Å²) in [7, 11) is 0. The average molecular weight is 349 g/mol. The highest BCUT2D eigenvalue weighted by Gasteiger charge is 2.09. The Balaban J connectivity index is 1.89. The highest BCUT2D eigenvalue weighted by Crippen LogP contribution is 2.11. The Kier molecular flexibility index (Phi) is 5.33. The summed E-state index contributed by atoms with van der Waals surface area (Å²) in [4.78, 5) is 23.5. The maximum absolute atomic E-state index is 11.9. The van der Waals surface area contributed by atoms with E-state index in [-0.39, 0.29) is 24.1 Å². The topological polar surface area (TPSA) is 51.1 Å². The zero-order valence-electron chi connectivity index (χ0n) is 11.8. The molecule has 0 saturated carbocycles. The first-order chi connectivity index (χ1) is 10.0. The molecular formula is C16H17BrN2O2. The SMILES string of the molecule is C[C@@H](Cc1ccc(Br)cc1)NC(=O)Cn1ccccc1=O. The van der Waals surface area contributed by atoms with Gasteiger partial charge >= 0.3 is 0 Å². The van der Waals surface area contributed by atoms with Crippen LogP contribution in [0.1, 0.15) is 12.5 Å². The highest BCUT2D eigenvalue weighted by molar-refractivity contribution is 9.10. The summed E-state index contributed by atoms with van der Waals surface area (Å²) in [6.07, 6.45) is 2.37. The first-order valence-corrected chi connectivity index (χ1v) is 7.53. The van der Waals surface area contributed by atoms with Gasteiger partial charge in [0, 0.05) is 22.8 Å². The Hall–Kier alpha value is -1.88. The van der Waals surface area contributed by atoms with Crippen molar-refractivity contribution in [3.63, 3.8) is 0 Å². The molecule has 0 unspecified atom stereocenters. The smallest absolute Gasteiger partial charge is 0.250 e. The van der Waals surface area contributed by atoms with Crippen LogP contribution in [0.25, 0.3) is 0 Å². The molecule has 2 rings (SSSR count). The molecule has 0 saturated heterocycles. The van der Waals surface area contributed by atoms with Gasteiger partial charge in [0.2, 0.25) is 5.91 Å². The summed E-state index contributed by atoms with van der Waals surface area (Å²) in [5, 5.41) is 2.91. The largest absolute Gasteiger partial charge is 0.352 e. The van der Waals surface area contributed by atoms with Crippen molar-refractivity contribution < 1.29 is 4.79 Å². The zero-order chi connectivity index (χ0) is 15.2. The number of carbonyl (C=O) groups excluding carboxylic acids is 1. The van der Waals surface area contributed by atoms with Crippen molar-refractivity contribution in [2.45, 2.75) is 25.9 Å². The standard InChI is InChI=1S/C16H17BrN2O2/c1-12(10-13-5-7-14(17)8-6-13)18-15(20)11-19-9-3-2-4-16(19)21/h2-9,12H,10-11H2,1H3,(H,18,20)/t12-/m0/s1. The first-order valence-electron chi connectivity index (χ1n) is 6.74. The van der Waals surface area contributed by atoms with E-state index in [2.05, 4.69) is 21.2 Å². The molecule has 4 nitrogen and oxygen atoms in total. The minimum Gasteiger partial charge on any atom is -0.352 e. The van der Waals surface area contributed by atoms with Crippen LogP contribution in [0.2, 0.25) is 0 Å². The van der Waals surface area contributed by atoms with E-state index in [4.69, 9.17) is 0 Å². The van der Waals surface area contributed by atoms with Gasteiger partial charge in [0.15, 0.2) is 0 Å². The third kappa shape index (κ3) is 4.86. The van der Waals surface area contributed by atoms with Crippen molar-refractivity contribution in [3.8, 4) is 0 Å². The number of pyridine rings is 1. The predicted octanol–water partition coefficient (Wildman–Crippen LogP) is 2.36. The quantitative estimate of drug-likeness (QED) is 0.901. The second-order valence-electron chi connectivity index (χ2n) is 4.97. The molecule has 0 aliphatic rings. The van der Waals surface area contributed by atoms with Crippen LogP contribution in [0, 0.1) is 0 Å². The molecule has 1 aromatic carbocycles. The highest BCUT2D eigenvalue weighted by atomic mass is 79.9. The summed E-state index contributed by atoms with van der Waals surface area (Å²) >= 11 is 3.39. The van der Waals surface area contributed by atoms with E-state index in [0.717, 1.165) is 16.5 Å². The molecule has 1 heterocycles. The number of halogens is 1. The molecule has 0 fully saturated rings. The summed E-state index contributed by atoms with van der Waals surface area (Å²) in [6.45, 7) is 2.00. The first kappa shape index (κ1) is 15.5. The Morgan fingerprint density at radius 1 is 1.24 bits per heavy atom. The monoisotopic (exact) mass is 348 g/mol. The summed E-state index contributed by atoms with van der Waals surface area (Å²) < 4.78 is 2.42. The van der Waals surface area contributed by atoms with E-state index < -0.39 is 0 Å². The lowest BCUT2D eigenvalue weighted by Gasteiger charge is -2.14. The summed E-state index contributed by atoms with van der Waals surface area (Å²) in [6, 6.07) is 12.9. The lowest BCUT2D eigenvalue weighted by molar-refractivity contribution is -0.122.